The van der Waals surface area contributed by atoms with Gasteiger partial charge in [-0.05, 0) is 38.5 Å². The van der Waals surface area contributed by atoms with Crippen molar-refractivity contribution in [1.29, 1.82) is 0 Å². The SMILES string of the molecule is CCCNc1nc(CC)nc(OC2CCCC(C)C2)c1C. The van der Waals surface area contributed by atoms with Crippen molar-refractivity contribution in [3.05, 3.63) is 11.4 Å². The first kappa shape index (κ1) is 16.1. The highest BCUT2D eigenvalue weighted by atomic mass is 16.5. The van der Waals surface area contributed by atoms with Crippen LogP contribution in [0.25, 0.3) is 0 Å². The predicted octanol–water partition coefficient (Wildman–Crippen LogP) is 4.13. The van der Waals surface area contributed by atoms with Crippen molar-refractivity contribution in [1.82, 2.24) is 9.97 Å². The minimum absolute atomic E-state index is 0.311. The zero-order valence-corrected chi connectivity index (χ0v) is 13.9. The molecule has 1 aromatic rings. The molecule has 1 saturated carbocycles. The summed E-state index contributed by atoms with van der Waals surface area (Å²) in [7, 11) is 0. The van der Waals surface area contributed by atoms with Crippen LogP contribution in [0.4, 0.5) is 5.82 Å². The van der Waals surface area contributed by atoms with Gasteiger partial charge in [-0.15, -0.1) is 0 Å². The van der Waals surface area contributed by atoms with Crippen LogP contribution in [-0.2, 0) is 6.42 Å². The zero-order chi connectivity index (χ0) is 15.2. The first-order valence-corrected chi connectivity index (χ1v) is 8.42. The van der Waals surface area contributed by atoms with Gasteiger partial charge in [-0.25, -0.2) is 4.98 Å². The summed E-state index contributed by atoms with van der Waals surface area (Å²) >= 11 is 0. The molecule has 0 amide bonds. The van der Waals surface area contributed by atoms with E-state index in [1.807, 2.05) is 0 Å². The Balaban J connectivity index is 2.16. The Morgan fingerprint density at radius 1 is 1.24 bits per heavy atom. The Bertz CT molecular complexity index is 462. The van der Waals surface area contributed by atoms with Crippen LogP contribution in [0.2, 0.25) is 0 Å². The van der Waals surface area contributed by atoms with Crippen LogP contribution in [0.1, 0.15) is 64.3 Å². The molecule has 1 heterocycles. The molecule has 4 heteroatoms. The maximum atomic E-state index is 6.23. The predicted molar refractivity (Wildman–Crippen MR) is 87.0 cm³/mol. The van der Waals surface area contributed by atoms with Crippen LogP contribution >= 0.6 is 0 Å². The number of anilines is 1. The second kappa shape index (κ2) is 7.62. The van der Waals surface area contributed by atoms with Crippen molar-refractivity contribution in [2.75, 3.05) is 11.9 Å². The number of nitrogens with zero attached hydrogens (tertiary/aromatic N) is 2. The van der Waals surface area contributed by atoms with Gasteiger partial charge in [-0.3, -0.25) is 0 Å². The Hall–Kier alpha value is -1.32. The molecule has 1 aliphatic rings. The molecule has 0 bridgehead atoms. The summed E-state index contributed by atoms with van der Waals surface area (Å²) < 4.78 is 6.23. The molecule has 1 fully saturated rings. The lowest BCUT2D eigenvalue weighted by molar-refractivity contribution is 0.122. The lowest BCUT2D eigenvalue weighted by atomic mass is 9.89. The molecule has 1 aromatic heterocycles. The first-order valence-electron chi connectivity index (χ1n) is 8.42. The van der Waals surface area contributed by atoms with Gasteiger partial charge in [0.05, 0.1) is 5.56 Å². The maximum Gasteiger partial charge on any atom is 0.222 e. The maximum absolute atomic E-state index is 6.23. The molecular formula is C17H29N3O. The van der Waals surface area contributed by atoms with Crippen LogP contribution < -0.4 is 10.1 Å². The number of nitrogens with one attached hydrogen (secondary N) is 1. The van der Waals surface area contributed by atoms with Gasteiger partial charge in [-0.1, -0.05) is 27.2 Å². The number of hydrogen-bond acceptors (Lipinski definition) is 4. The quantitative estimate of drug-likeness (QED) is 0.856. The minimum Gasteiger partial charge on any atom is -0.474 e. The van der Waals surface area contributed by atoms with Gasteiger partial charge < -0.3 is 10.1 Å². The van der Waals surface area contributed by atoms with Crippen molar-refractivity contribution in [3.63, 3.8) is 0 Å². The number of aromatic nitrogens is 2. The molecule has 2 unspecified atom stereocenters. The van der Waals surface area contributed by atoms with E-state index >= 15 is 0 Å². The Morgan fingerprint density at radius 3 is 2.71 bits per heavy atom. The van der Waals surface area contributed by atoms with E-state index in [0.29, 0.717) is 6.10 Å². The fourth-order valence-electron chi connectivity index (χ4n) is 2.87. The fourth-order valence-corrected chi connectivity index (χ4v) is 2.87. The monoisotopic (exact) mass is 291 g/mol. The number of hydrogen-bond donors (Lipinski definition) is 1. The van der Waals surface area contributed by atoms with Crippen molar-refractivity contribution >= 4 is 5.82 Å². The number of rotatable bonds is 6. The number of ether oxygens (including phenoxy) is 1. The molecule has 0 spiro atoms. The molecule has 21 heavy (non-hydrogen) atoms. The molecule has 4 nitrogen and oxygen atoms in total. The summed E-state index contributed by atoms with van der Waals surface area (Å²) in [5.41, 5.74) is 1.04. The Morgan fingerprint density at radius 2 is 2.05 bits per heavy atom. The molecule has 1 N–H and O–H groups in total. The molecule has 0 radical (unpaired) electrons. The summed E-state index contributed by atoms with van der Waals surface area (Å²) in [6.07, 6.45) is 7.10. The topological polar surface area (TPSA) is 47.0 Å². The molecule has 0 aliphatic heterocycles. The summed E-state index contributed by atoms with van der Waals surface area (Å²) in [6, 6.07) is 0. The lowest BCUT2D eigenvalue weighted by Crippen LogP contribution is -2.25. The summed E-state index contributed by atoms with van der Waals surface area (Å²) in [4.78, 5) is 9.20. The highest BCUT2D eigenvalue weighted by Gasteiger charge is 2.22. The van der Waals surface area contributed by atoms with Gasteiger partial charge in [0.1, 0.15) is 17.7 Å². The lowest BCUT2D eigenvalue weighted by Gasteiger charge is -2.27. The summed E-state index contributed by atoms with van der Waals surface area (Å²) in [5, 5.41) is 3.39. The second-order valence-corrected chi connectivity index (χ2v) is 6.21. The summed E-state index contributed by atoms with van der Waals surface area (Å²) in [5.74, 6) is 3.33. The third kappa shape index (κ3) is 4.32. The molecule has 0 aromatic carbocycles. The second-order valence-electron chi connectivity index (χ2n) is 6.21. The van der Waals surface area contributed by atoms with E-state index in [9.17, 15) is 0 Å². The van der Waals surface area contributed by atoms with Crippen molar-refractivity contribution in [2.24, 2.45) is 5.92 Å². The molecule has 1 aliphatic carbocycles. The molecule has 2 atom stereocenters. The van der Waals surface area contributed by atoms with E-state index in [0.717, 1.165) is 61.2 Å². The average molecular weight is 291 g/mol. The van der Waals surface area contributed by atoms with E-state index in [-0.39, 0.29) is 0 Å². The van der Waals surface area contributed by atoms with E-state index in [2.05, 4.69) is 43.0 Å². The van der Waals surface area contributed by atoms with Crippen LogP contribution in [0, 0.1) is 12.8 Å². The largest absolute Gasteiger partial charge is 0.474 e. The van der Waals surface area contributed by atoms with E-state index in [4.69, 9.17) is 4.74 Å². The van der Waals surface area contributed by atoms with E-state index in [1.54, 1.807) is 0 Å². The molecule has 0 saturated heterocycles. The molecular weight excluding hydrogens is 262 g/mol. The van der Waals surface area contributed by atoms with E-state index < -0.39 is 0 Å². The van der Waals surface area contributed by atoms with Gasteiger partial charge in [0, 0.05) is 13.0 Å². The van der Waals surface area contributed by atoms with Gasteiger partial charge in [0.25, 0.3) is 0 Å². The van der Waals surface area contributed by atoms with Crippen molar-refractivity contribution in [3.8, 4) is 5.88 Å². The zero-order valence-electron chi connectivity index (χ0n) is 13.9. The normalized spacial score (nSPS) is 22.1. The third-order valence-corrected chi connectivity index (χ3v) is 4.17. The van der Waals surface area contributed by atoms with Gasteiger partial charge in [0.2, 0.25) is 5.88 Å². The fraction of sp³-hybridized carbons (Fsp3) is 0.765. The van der Waals surface area contributed by atoms with Gasteiger partial charge in [0.15, 0.2) is 0 Å². The first-order chi connectivity index (χ1) is 10.1. The van der Waals surface area contributed by atoms with Gasteiger partial charge >= 0.3 is 0 Å². The van der Waals surface area contributed by atoms with Crippen LogP contribution in [0.15, 0.2) is 0 Å². The third-order valence-electron chi connectivity index (χ3n) is 4.17. The average Bonchev–Trinajstić information content (AvgIpc) is 2.48. The number of aryl methyl sites for hydroxylation is 1. The standard InChI is InChI=1S/C17H29N3O/c1-5-10-18-16-13(4)17(20-15(6-2)19-16)21-14-9-7-8-12(3)11-14/h12,14H,5-11H2,1-4H3,(H,18,19,20). The van der Waals surface area contributed by atoms with Crippen molar-refractivity contribution in [2.45, 2.75) is 72.3 Å². The minimum atomic E-state index is 0.311. The molecule has 118 valence electrons. The molecule has 2 rings (SSSR count). The van der Waals surface area contributed by atoms with Crippen LogP contribution in [0.5, 0.6) is 5.88 Å². The smallest absolute Gasteiger partial charge is 0.222 e. The van der Waals surface area contributed by atoms with Gasteiger partial charge in [-0.2, -0.15) is 4.98 Å². The highest BCUT2D eigenvalue weighted by Crippen LogP contribution is 2.29. The van der Waals surface area contributed by atoms with E-state index in [1.165, 1.54) is 12.8 Å². The van der Waals surface area contributed by atoms with Crippen molar-refractivity contribution < 1.29 is 4.74 Å². The summed E-state index contributed by atoms with van der Waals surface area (Å²) in [6.45, 7) is 9.54. The Labute approximate surface area is 128 Å². The van der Waals surface area contributed by atoms with Crippen LogP contribution in [-0.4, -0.2) is 22.6 Å². The van der Waals surface area contributed by atoms with Crippen LogP contribution in [0.3, 0.4) is 0 Å². The Kier molecular flexibility index (Phi) is 5.83. The highest BCUT2D eigenvalue weighted by molar-refractivity contribution is 5.48.